The molecule has 1 N–H and O–H groups in total. The Balaban J connectivity index is 1.76. The molecule has 1 heterocycles. The van der Waals surface area contributed by atoms with E-state index in [1.807, 2.05) is 19.1 Å². The summed E-state index contributed by atoms with van der Waals surface area (Å²) in [4.78, 5) is 15.6. The van der Waals surface area contributed by atoms with Crippen LogP contribution >= 0.6 is 0 Å². The molecule has 1 saturated carbocycles. The van der Waals surface area contributed by atoms with Gasteiger partial charge in [0.2, 0.25) is 0 Å². The molecule has 4 heteroatoms. The number of aromatic amines is 1. The number of hydrogen-bond acceptors (Lipinski definition) is 3. The first-order chi connectivity index (χ1) is 10.2. The average Bonchev–Trinajstić information content (AvgIpc) is 2.89. The Kier molecular flexibility index (Phi) is 3.76. The third-order valence-corrected chi connectivity index (χ3v) is 4.20. The molecule has 0 saturated heterocycles. The van der Waals surface area contributed by atoms with E-state index < -0.39 is 0 Å². The molecule has 1 aromatic heterocycles. The Morgan fingerprint density at radius 1 is 1.48 bits per heavy atom. The second-order valence-corrected chi connectivity index (χ2v) is 5.58. The molecule has 0 radical (unpaired) electrons. The Bertz CT molecular complexity index is 705. The molecule has 0 bridgehead atoms. The lowest BCUT2D eigenvalue weighted by molar-refractivity contribution is -0.0245. The summed E-state index contributed by atoms with van der Waals surface area (Å²) in [6, 6.07) is 7.63. The highest BCUT2D eigenvalue weighted by atomic mass is 16.5. The van der Waals surface area contributed by atoms with Crippen molar-refractivity contribution in [3.63, 3.8) is 0 Å². The zero-order valence-corrected chi connectivity index (χ0v) is 12.1. The van der Waals surface area contributed by atoms with E-state index >= 15 is 0 Å². The van der Waals surface area contributed by atoms with Gasteiger partial charge in [-0.15, -0.1) is 0 Å². The van der Waals surface area contributed by atoms with Gasteiger partial charge in [0.15, 0.2) is 5.78 Å². The fourth-order valence-corrected chi connectivity index (χ4v) is 3.08. The van der Waals surface area contributed by atoms with Crippen molar-refractivity contribution >= 4 is 16.7 Å². The standard InChI is InChI=1S/C17H18N2O2/c1-2-21-13-6-11(7-13)8-16(20)14-10-19-15-5-3-4-12(9-18)17(14)15/h3-5,10-11,13,19H,2,6-8H2,1H3. The second-order valence-electron chi connectivity index (χ2n) is 5.58. The fourth-order valence-electron chi connectivity index (χ4n) is 3.08. The van der Waals surface area contributed by atoms with Gasteiger partial charge in [-0.25, -0.2) is 0 Å². The molecule has 1 aliphatic carbocycles. The normalized spacial score (nSPS) is 21.0. The molecule has 0 aliphatic heterocycles. The van der Waals surface area contributed by atoms with Gasteiger partial charge >= 0.3 is 0 Å². The predicted molar refractivity (Wildman–Crippen MR) is 80.1 cm³/mol. The molecule has 0 unspecified atom stereocenters. The molecule has 108 valence electrons. The molecule has 0 amide bonds. The van der Waals surface area contributed by atoms with Crippen LogP contribution in [-0.2, 0) is 4.74 Å². The van der Waals surface area contributed by atoms with Gasteiger partial charge in [0.1, 0.15) is 0 Å². The zero-order chi connectivity index (χ0) is 14.8. The number of aromatic nitrogens is 1. The van der Waals surface area contributed by atoms with Gasteiger partial charge in [-0.2, -0.15) is 5.26 Å². The highest BCUT2D eigenvalue weighted by molar-refractivity contribution is 6.09. The number of H-pyrrole nitrogens is 1. The largest absolute Gasteiger partial charge is 0.378 e. The minimum Gasteiger partial charge on any atom is -0.378 e. The van der Waals surface area contributed by atoms with Crippen LogP contribution in [-0.4, -0.2) is 23.5 Å². The maximum absolute atomic E-state index is 12.5. The number of ether oxygens (including phenoxy) is 1. The van der Waals surface area contributed by atoms with Crippen LogP contribution in [0, 0.1) is 17.2 Å². The number of carbonyl (C=O) groups is 1. The van der Waals surface area contributed by atoms with E-state index in [0.717, 1.165) is 30.4 Å². The lowest BCUT2D eigenvalue weighted by atomic mass is 9.78. The minimum absolute atomic E-state index is 0.115. The van der Waals surface area contributed by atoms with Crippen LogP contribution in [0.25, 0.3) is 10.9 Å². The SMILES string of the molecule is CCOC1CC(CC(=O)c2c[nH]c3cccc(C#N)c23)C1. The number of Topliss-reactive ketones (excluding diaryl/α,β-unsaturated/α-hetero) is 1. The summed E-state index contributed by atoms with van der Waals surface area (Å²) in [6.07, 6.45) is 4.52. The molecule has 1 aromatic carbocycles. The first-order valence-electron chi connectivity index (χ1n) is 7.38. The molecular weight excluding hydrogens is 264 g/mol. The molecule has 0 atom stereocenters. The first kappa shape index (κ1) is 13.8. The van der Waals surface area contributed by atoms with E-state index in [1.165, 1.54) is 0 Å². The molecule has 21 heavy (non-hydrogen) atoms. The Labute approximate surface area is 123 Å². The van der Waals surface area contributed by atoms with Crippen molar-refractivity contribution in [1.29, 1.82) is 5.26 Å². The lowest BCUT2D eigenvalue weighted by Gasteiger charge is -2.34. The number of carbonyl (C=O) groups excluding carboxylic acids is 1. The molecule has 1 aliphatic rings. The van der Waals surface area contributed by atoms with Gasteiger partial charge in [-0.1, -0.05) is 6.07 Å². The van der Waals surface area contributed by atoms with Gasteiger partial charge in [-0.3, -0.25) is 4.79 Å². The summed E-state index contributed by atoms with van der Waals surface area (Å²) in [6.45, 7) is 2.73. The molecular formula is C17H18N2O2. The predicted octanol–water partition coefficient (Wildman–Crippen LogP) is 3.43. The number of rotatable bonds is 5. The van der Waals surface area contributed by atoms with Crippen molar-refractivity contribution in [2.45, 2.75) is 32.3 Å². The maximum atomic E-state index is 12.5. The van der Waals surface area contributed by atoms with Gasteiger partial charge in [0, 0.05) is 35.7 Å². The average molecular weight is 282 g/mol. The van der Waals surface area contributed by atoms with Crippen molar-refractivity contribution in [1.82, 2.24) is 4.98 Å². The van der Waals surface area contributed by atoms with Crippen molar-refractivity contribution in [3.8, 4) is 6.07 Å². The highest BCUT2D eigenvalue weighted by Gasteiger charge is 2.31. The van der Waals surface area contributed by atoms with Crippen LogP contribution in [0.3, 0.4) is 0 Å². The van der Waals surface area contributed by atoms with Crippen LogP contribution in [0.1, 0.15) is 42.1 Å². The van der Waals surface area contributed by atoms with Gasteiger partial charge in [0.05, 0.1) is 17.7 Å². The summed E-state index contributed by atoms with van der Waals surface area (Å²) in [5, 5.41) is 9.96. The van der Waals surface area contributed by atoms with Crippen LogP contribution in [0.5, 0.6) is 0 Å². The zero-order valence-electron chi connectivity index (χ0n) is 12.1. The van der Waals surface area contributed by atoms with Crippen molar-refractivity contribution < 1.29 is 9.53 Å². The molecule has 2 aromatic rings. The molecule has 0 spiro atoms. The Hall–Kier alpha value is -2.12. The number of benzene rings is 1. The minimum atomic E-state index is 0.115. The van der Waals surface area contributed by atoms with E-state index in [1.54, 1.807) is 12.3 Å². The number of fused-ring (bicyclic) bond motifs is 1. The molecule has 3 rings (SSSR count). The van der Waals surface area contributed by atoms with Crippen LogP contribution in [0.4, 0.5) is 0 Å². The summed E-state index contributed by atoms with van der Waals surface area (Å²) >= 11 is 0. The highest BCUT2D eigenvalue weighted by Crippen LogP contribution is 2.34. The maximum Gasteiger partial charge on any atom is 0.165 e. The van der Waals surface area contributed by atoms with E-state index in [2.05, 4.69) is 11.1 Å². The number of nitrogens with one attached hydrogen (secondary N) is 1. The summed E-state index contributed by atoms with van der Waals surface area (Å²) < 4.78 is 5.53. The van der Waals surface area contributed by atoms with E-state index in [-0.39, 0.29) is 5.78 Å². The third-order valence-electron chi connectivity index (χ3n) is 4.20. The van der Waals surface area contributed by atoms with Crippen molar-refractivity contribution in [2.75, 3.05) is 6.61 Å². The van der Waals surface area contributed by atoms with Crippen molar-refractivity contribution in [2.24, 2.45) is 5.92 Å². The van der Waals surface area contributed by atoms with Crippen LogP contribution in [0.2, 0.25) is 0 Å². The van der Waals surface area contributed by atoms with Gasteiger partial charge in [-0.05, 0) is 37.8 Å². The number of nitriles is 1. The number of hydrogen-bond donors (Lipinski definition) is 1. The van der Waals surface area contributed by atoms with Crippen LogP contribution < -0.4 is 0 Å². The fraction of sp³-hybridized carbons (Fsp3) is 0.412. The summed E-state index contributed by atoms with van der Waals surface area (Å²) in [5.41, 5.74) is 2.04. The monoisotopic (exact) mass is 282 g/mol. The topological polar surface area (TPSA) is 65.9 Å². The summed E-state index contributed by atoms with van der Waals surface area (Å²) in [5.74, 6) is 0.525. The third kappa shape index (κ3) is 2.57. The van der Waals surface area contributed by atoms with E-state index in [0.29, 0.717) is 29.6 Å². The molecule has 1 fully saturated rings. The van der Waals surface area contributed by atoms with Crippen molar-refractivity contribution in [3.05, 3.63) is 35.5 Å². The van der Waals surface area contributed by atoms with Gasteiger partial charge < -0.3 is 9.72 Å². The number of nitrogens with zero attached hydrogens (tertiary/aromatic N) is 1. The van der Waals surface area contributed by atoms with E-state index in [4.69, 9.17) is 4.74 Å². The lowest BCUT2D eigenvalue weighted by Crippen LogP contribution is -2.32. The summed E-state index contributed by atoms with van der Waals surface area (Å²) in [7, 11) is 0. The first-order valence-corrected chi connectivity index (χ1v) is 7.38. The van der Waals surface area contributed by atoms with Crippen LogP contribution in [0.15, 0.2) is 24.4 Å². The van der Waals surface area contributed by atoms with Gasteiger partial charge in [0.25, 0.3) is 0 Å². The number of ketones is 1. The Morgan fingerprint density at radius 2 is 2.29 bits per heavy atom. The smallest absolute Gasteiger partial charge is 0.165 e. The quantitative estimate of drug-likeness (QED) is 0.854. The second kappa shape index (κ2) is 5.71. The van der Waals surface area contributed by atoms with E-state index in [9.17, 15) is 10.1 Å². The molecule has 4 nitrogen and oxygen atoms in total. The Morgan fingerprint density at radius 3 is 3.00 bits per heavy atom.